The number of alkyl halides is 3. The topological polar surface area (TPSA) is 41.1 Å². The summed E-state index contributed by atoms with van der Waals surface area (Å²) in [6, 6.07) is 12.5. The SMILES string of the molecule is Cc1c(C(=O)NNc2ccccc2C(F)(F)F)sc2ccccc12. The van der Waals surface area contributed by atoms with Crippen molar-refractivity contribution in [1.29, 1.82) is 0 Å². The highest BCUT2D eigenvalue weighted by molar-refractivity contribution is 7.21. The first kappa shape index (κ1) is 16.3. The van der Waals surface area contributed by atoms with E-state index in [1.54, 1.807) is 0 Å². The molecule has 0 bridgehead atoms. The number of carbonyl (C=O) groups excluding carboxylic acids is 1. The summed E-state index contributed by atoms with van der Waals surface area (Å²) >= 11 is 1.30. The maximum atomic E-state index is 12.9. The molecule has 1 amide bonds. The van der Waals surface area contributed by atoms with Crippen LogP contribution in [0, 0.1) is 6.92 Å². The molecule has 2 N–H and O–H groups in total. The van der Waals surface area contributed by atoms with Crippen molar-refractivity contribution in [2.24, 2.45) is 0 Å². The molecule has 0 aliphatic carbocycles. The smallest absolute Gasteiger partial charge is 0.298 e. The van der Waals surface area contributed by atoms with Crippen molar-refractivity contribution >= 4 is 33.0 Å². The first-order valence-electron chi connectivity index (χ1n) is 7.08. The van der Waals surface area contributed by atoms with Crippen molar-refractivity contribution in [1.82, 2.24) is 5.43 Å². The number of hydrazine groups is 1. The van der Waals surface area contributed by atoms with E-state index in [0.717, 1.165) is 21.7 Å². The number of amides is 1. The van der Waals surface area contributed by atoms with Gasteiger partial charge in [-0.1, -0.05) is 30.3 Å². The molecule has 0 aliphatic heterocycles. The molecule has 0 aliphatic rings. The van der Waals surface area contributed by atoms with Crippen LogP contribution >= 0.6 is 11.3 Å². The number of para-hydroxylation sites is 1. The summed E-state index contributed by atoms with van der Waals surface area (Å²) in [5.74, 6) is -0.467. The van der Waals surface area contributed by atoms with E-state index in [0.29, 0.717) is 4.88 Å². The molecule has 0 spiro atoms. The average Bonchev–Trinajstić information content (AvgIpc) is 2.89. The first-order chi connectivity index (χ1) is 11.4. The van der Waals surface area contributed by atoms with Gasteiger partial charge in [-0.15, -0.1) is 11.3 Å². The van der Waals surface area contributed by atoms with E-state index in [1.165, 1.54) is 29.5 Å². The van der Waals surface area contributed by atoms with E-state index in [-0.39, 0.29) is 5.69 Å². The standard InChI is InChI=1S/C17H13F3N2OS/c1-10-11-6-2-5-9-14(11)24-15(10)16(23)22-21-13-8-4-3-7-12(13)17(18,19)20/h2-9,21H,1H3,(H,22,23). The highest BCUT2D eigenvalue weighted by atomic mass is 32.1. The number of hydrogen-bond donors (Lipinski definition) is 2. The van der Waals surface area contributed by atoms with E-state index >= 15 is 0 Å². The minimum atomic E-state index is -4.50. The maximum Gasteiger partial charge on any atom is 0.418 e. The summed E-state index contributed by atoms with van der Waals surface area (Å²) in [6.07, 6.45) is -4.50. The van der Waals surface area contributed by atoms with Gasteiger partial charge in [0.15, 0.2) is 0 Å². The Morgan fingerprint density at radius 1 is 1.04 bits per heavy atom. The molecule has 0 atom stereocenters. The van der Waals surface area contributed by atoms with Crippen LogP contribution in [-0.4, -0.2) is 5.91 Å². The zero-order valence-electron chi connectivity index (χ0n) is 12.6. The Morgan fingerprint density at radius 2 is 1.71 bits per heavy atom. The van der Waals surface area contributed by atoms with Gasteiger partial charge >= 0.3 is 6.18 Å². The van der Waals surface area contributed by atoms with E-state index < -0.39 is 17.6 Å². The lowest BCUT2D eigenvalue weighted by atomic mass is 10.1. The fourth-order valence-corrected chi connectivity index (χ4v) is 3.52. The molecule has 3 nitrogen and oxygen atoms in total. The molecule has 3 rings (SSSR count). The number of aryl methyl sites for hydroxylation is 1. The van der Waals surface area contributed by atoms with E-state index in [4.69, 9.17) is 0 Å². The molecule has 124 valence electrons. The number of halogens is 3. The van der Waals surface area contributed by atoms with Crippen molar-refractivity contribution in [2.75, 3.05) is 5.43 Å². The van der Waals surface area contributed by atoms with E-state index in [9.17, 15) is 18.0 Å². The molecular formula is C17H13F3N2OS. The molecular weight excluding hydrogens is 337 g/mol. The number of hydrogen-bond acceptors (Lipinski definition) is 3. The van der Waals surface area contributed by atoms with Gasteiger partial charge in [0.1, 0.15) is 0 Å². The van der Waals surface area contributed by atoms with Crippen LogP contribution in [0.1, 0.15) is 20.8 Å². The molecule has 3 aromatic rings. The Hall–Kier alpha value is -2.54. The number of fused-ring (bicyclic) bond motifs is 1. The van der Waals surface area contributed by atoms with Crippen LogP contribution in [0.25, 0.3) is 10.1 Å². The number of thiophene rings is 1. The quantitative estimate of drug-likeness (QED) is 0.654. The normalized spacial score (nSPS) is 11.5. The molecule has 0 saturated heterocycles. The molecule has 0 fully saturated rings. The Bertz CT molecular complexity index is 902. The molecule has 2 aromatic carbocycles. The number of rotatable bonds is 3. The van der Waals surface area contributed by atoms with Crippen LogP contribution in [0.15, 0.2) is 48.5 Å². The Kier molecular flexibility index (Phi) is 4.19. The highest BCUT2D eigenvalue weighted by Gasteiger charge is 2.33. The van der Waals surface area contributed by atoms with Crippen LogP contribution in [0.3, 0.4) is 0 Å². The summed E-state index contributed by atoms with van der Waals surface area (Å²) in [6.45, 7) is 1.82. The third-order valence-corrected chi connectivity index (χ3v) is 4.86. The third-order valence-electron chi connectivity index (χ3n) is 3.59. The van der Waals surface area contributed by atoms with E-state index in [2.05, 4.69) is 10.9 Å². The van der Waals surface area contributed by atoms with Gasteiger partial charge in [-0.3, -0.25) is 15.6 Å². The molecule has 0 unspecified atom stereocenters. The predicted molar refractivity (Wildman–Crippen MR) is 89.1 cm³/mol. The summed E-state index contributed by atoms with van der Waals surface area (Å²) in [5, 5.41) is 0.961. The predicted octanol–water partition coefficient (Wildman–Crippen LogP) is 4.99. The maximum absolute atomic E-state index is 12.9. The Balaban J connectivity index is 1.82. The van der Waals surface area contributed by atoms with Crippen molar-refractivity contribution in [2.45, 2.75) is 13.1 Å². The van der Waals surface area contributed by atoms with Gasteiger partial charge in [-0.2, -0.15) is 13.2 Å². The second-order valence-electron chi connectivity index (χ2n) is 5.17. The molecule has 1 heterocycles. The van der Waals surface area contributed by atoms with Crippen LogP contribution in [0.5, 0.6) is 0 Å². The second-order valence-corrected chi connectivity index (χ2v) is 6.23. The molecule has 0 radical (unpaired) electrons. The van der Waals surface area contributed by atoms with Gasteiger partial charge in [0.25, 0.3) is 5.91 Å². The van der Waals surface area contributed by atoms with Crippen LogP contribution in [0.4, 0.5) is 18.9 Å². The van der Waals surface area contributed by atoms with Gasteiger partial charge in [0.05, 0.1) is 16.1 Å². The minimum Gasteiger partial charge on any atom is -0.298 e. The van der Waals surface area contributed by atoms with Crippen molar-refractivity contribution in [3.63, 3.8) is 0 Å². The first-order valence-corrected chi connectivity index (χ1v) is 7.90. The largest absolute Gasteiger partial charge is 0.418 e. The second kappa shape index (κ2) is 6.16. The number of benzene rings is 2. The van der Waals surface area contributed by atoms with Gasteiger partial charge in [0, 0.05) is 4.70 Å². The fraction of sp³-hybridized carbons (Fsp3) is 0.118. The highest BCUT2D eigenvalue weighted by Crippen LogP contribution is 2.34. The monoisotopic (exact) mass is 350 g/mol. The lowest BCUT2D eigenvalue weighted by molar-refractivity contribution is -0.137. The van der Waals surface area contributed by atoms with Crippen molar-refractivity contribution in [3.8, 4) is 0 Å². The molecule has 1 aromatic heterocycles. The van der Waals surface area contributed by atoms with Crippen LogP contribution < -0.4 is 10.9 Å². The molecule has 0 saturated carbocycles. The van der Waals surface area contributed by atoms with Crippen molar-refractivity contribution in [3.05, 3.63) is 64.5 Å². The van der Waals surface area contributed by atoms with Gasteiger partial charge in [-0.05, 0) is 36.1 Å². The van der Waals surface area contributed by atoms with Crippen LogP contribution in [0.2, 0.25) is 0 Å². The van der Waals surface area contributed by atoms with Gasteiger partial charge < -0.3 is 0 Å². The van der Waals surface area contributed by atoms with Crippen LogP contribution in [-0.2, 0) is 6.18 Å². The Morgan fingerprint density at radius 3 is 2.42 bits per heavy atom. The lowest BCUT2D eigenvalue weighted by Crippen LogP contribution is -2.30. The fourth-order valence-electron chi connectivity index (χ4n) is 2.41. The summed E-state index contributed by atoms with van der Waals surface area (Å²) in [4.78, 5) is 12.8. The summed E-state index contributed by atoms with van der Waals surface area (Å²) < 4.78 is 39.8. The minimum absolute atomic E-state index is 0.197. The van der Waals surface area contributed by atoms with Gasteiger partial charge in [0.2, 0.25) is 0 Å². The summed E-state index contributed by atoms with van der Waals surface area (Å²) in [7, 11) is 0. The zero-order valence-corrected chi connectivity index (χ0v) is 13.4. The van der Waals surface area contributed by atoms with E-state index in [1.807, 2.05) is 31.2 Å². The van der Waals surface area contributed by atoms with Gasteiger partial charge in [-0.25, -0.2) is 0 Å². The zero-order chi connectivity index (χ0) is 17.3. The lowest BCUT2D eigenvalue weighted by Gasteiger charge is -2.14. The molecule has 7 heteroatoms. The number of anilines is 1. The third kappa shape index (κ3) is 3.07. The number of carbonyl (C=O) groups is 1. The summed E-state index contributed by atoms with van der Waals surface area (Å²) in [5.41, 5.74) is 4.50. The average molecular weight is 350 g/mol. The molecule has 24 heavy (non-hydrogen) atoms. The number of nitrogens with one attached hydrogen (secondary N) is 2. The Labute approximate surface area is 140 Å². The van der Waals surface area contributed by atoms with Crippen molar-refractivity contribution < 1.29 is 18.0 Å².